The van der Waals surface area contributed by atoms with Crippen molar-refractivity contribution in [2.24, 2.45) is 5.92 Å². The molecule has 0 unspecified atom stereocenters. The number of carbonyl (C=O) groups is 2. The first-order valence-corrected chi connectivity index (χ1v) is 6.62. The normalized spacial score (nSPS) is 17.6. The summed E-state index contributed by atoms with van der Waals surface area (Å²) in [6.45, 7) is 5.58. The van der Waals surface area contributed by atoms with Gasteiger partial charge in [-0.1, -0.05) is 0 Å². The number of nitrogens with one attached hydrogen (secondary N) is 1. The first kappa shape index (κ1) is 13.8. The van der Waals surface area contributed by atoms with Crippen LogP contribution in [-0.2, 0) is 4.79 Å². The highest BCUT2D eigenvalue weighted by Crippen LogP contribution is 2.18. The summed E-state index contributed by atoms with van der Waals surface area (Å²) in [6, 6.07) is 1.88. The quantitative estimate of drug-likeness (QED) is 0.810. The maximum atomic E-state index is 12.2. The maximum absolute atomic E-state index is 12.2. The number of piperidine rings is 1. The highest BCUT2D eigenvalue weighted by atomic mass is 16.4. The SMILES string of the molecule is Cc1cc(C(=O)CN2CCC(C(=O)O)CC2)c(C)[nH]1. The average Bonchev–Trinajstić information content (AvgIpc) is 2.69. The van der Waals surface area contributed by atoms with Crippen molar-refractivity contribution in [3.63, 3.8) is 0 Å². The molecule has 1 aliphatic rings. The fraction of sp³-hybridized carbons (Fsp3) is 0.571. The number of hydrogen-bond acceptors (Lipinski definition) is 3. The molecule has 1 fully saturated rings. The number of carboxylic acid groups (broad SMARTS) is 1. The van der Waals surface area contributed by atoms with Gasteiger partial charge in [-0.25, -0.2) is 0 Å². The molecule has 0 aliphatic carbocycles. The molecule has 0 spiro atoms. The van der Waals surface area contributed by atoms with E-state index >= 15 is 0 Å². The second-order valence-corrected chi connectivity index (χ2v) is 5.30. The number of aromatic nitrogens is 1. The number of carbonyl (C=O) groups excluding carboxylic acids is 1. The van der Waals surface area contributed by atoms with Crippen LogP contribution in [0.15, 0.2) is 6.07 Å². The Morgan fingerprint density at radius 1 is 1.37 bits per heavy atom. The van der Waals surface area contributed by atoms with Crippen LogP contribution in [0.25, 0.3) is 0 Å². The predicted molar refractivity (Wildman–Crippen MR) is 71.4 cm³/mol. The van der Waals surface area contributed by atoms with Crippen LogP contribution in [0.1, 0.15) is 34.6 Å². The second kappa shape index (κ2) is 5.57. The van der Waals surface area contributed by atoms with Gasteiger partial charge in [0.15, 0.2) is 5.78 Å². The zero-order chi connectivity index (χ0) is 14.0. The molecule has 1 saturated heterocycles. The van der Waals surface area contributed by atoms with Crippen molar-refractivity contribution in [3.8, 4) is 0 Å². The number of carboxylic acids is 1. The smallest absolute Gasteiger partial charge is 0.306 e. The third-order valence-corrected chi connectivity index (χ3v) is 3.75. The Balaban J connectivity index is 1.91. The predicted octanol–water partition coefficient (Wildman–Crippen LogP) is 1.61. The van der Waals surface area contributed by atoms with Gasteiger partial charge in [-0.3, -0.25) is 14.5 Å². The Bertz CT molecular complexity index is 485. The van der Waals surface area contributed by atoms with Gasteiger partial charge in [0.2, 0.25) is 0 Å². The number of likely N-dealkylation sites (tertiary alicyclic amines) is 1. The lowest BCUT2D eigenvalue weighted by molar-refractivity contribution is -0.143. The Hall–Kier alpha value is -1.62. The number of H-pyrrole nitrogens is 1. The van der Waals surface area contributed by atoms with E-state index in [-0.39, 0.29) is 11.7 Å². The monoisotopic (exact) mass is 264 g/mol. The van der Waals surface area contributed by atoms with Crippen LogP contribution < -0.4 is 0 Å². The van der Waals surface area contributed by atoms with Crippen LogP contribution in [-0.4, -0.2) is 46.4 Å². The lowest BCUT2D eigenvalue weighted by atomic mass is 9.97. The molecule has 0 bridgehead atoms. The molecule has 2 rings (SSSR count). The zero-order valence-electron chi connectivity index (χ0n) is 11.4. The standard InChI is InChI=1S/C14H20N2O3/c1-9-7-12(10(2)15-9)13(17)8-16-5-3-11(4-6-16)14(18)19/h7,11,15H,3-6,8H2,1-2H3,(H,18,19). The van der Waals surface area contributed by atoms with E-state index in [0.29, 0.717) is 32.5 Å². The van der Waals surface area contributed by atoms with Crippen molar-refractivity contribution < 1.29 is 14.7 Å². The van der Waals surface area contributed by atoms with Crippen molar-refractivity contribution in [1.82, 2.24) is 9.88 Å². The zero-order valence-corrected chi connectivity index (χ0v) is 11.4. The summed E-state index contributed by atoms with van der Waals surface area (Å²) in [5, 5.41) is 8.93. The third-order valence-electron chi connectivity index (χ3n) is 3.75. The summed E-state index contributed by atoms with van der Waals surface area (Å²) in [5.41, 5.74) is 2.64. The minimum absolute atomic E-state index is 0.107. The van der Waals surface area contributed by atoms with Gasteiger partial charge in [0.05, 0.1) is 12.5 Å². The van der Waals surface area contributed by atoms with Crippen molar-refractivity contribution in [2.75, 3.05) is 19.6 Å². The topological polar surface area (TPSA) is 73.4 Å². The lowest BCUT2D eigenvalue weighted by Gasteiger charge is -2.29. The van der Waals surface area contributed by atoms with Crippen LogP contribution >= 0.6 is 0 Å². The summed E-state index contributed by atoms with van der Waals surface area (Å²) in [5.74, 6) is -0.860. The molecular weight excluding hydrogens is 244 g/mol. The summed E-state index contributed by atoms with van der Waals surface area (Å²) in [6.07, 6.45) is 1.27. The number of aromatic amines is 1. The van der Waals surface area contributed by atoms with Crippen molar-refractivity contribution >= 4 is 11.8 Å². The Morgan fingerprint density at radius 2 is 2.00 bits per heavy atom. The van der Waals surface area contributed by atoms with Crippen molar-refractivity contribution in [3.05, 3.63) is 23.0 Å². The Labute approximate surface area is 112 Å². The number of Topliss-reactive ketones (excluding diaryl/α,β-unsaturated/α-hetero) is 1. The number of aryl methyl sites for hydroxylation is 2. The van der Waals surface area contributed by atoms with Crippen molar-refractivity contribution in [1.29, 1.82) is 0 Å². The molecule has 1 aromatic heterocycles. The Kier molecular flexibility index (Phi) is 4.04. The molecule has 2 N–H and O–H groups in total. The van der Waals surface area contributed by atoms with Gasteiger partial charge < -0.3 is 10.1 Å². The first-order valence-electron chi connectivity index (χ1n) is 6.62. The van der Waals surface area contributed by atoms with E-state index in [1.165, 1.54) is 0 Å². The highest BCUT2D eigenvalue weighted by molar-refractivity contribution is 5.98. The van der Waals surface area contributed by atoms with E-state index < -0.39 is 5.97 Å². The minimum atomic E-state index is -0.719. The first-order chi connectivity index (χ1) is 8.97. The largest absolute Gasteiger partial charge is 0.481 e. The number of ketones is 1. The van der Waals surface area contributed by atoms with E-state index in [1.54, 1.807) is 0 Å². The molecule has 19 heavy (non-hydrogen) atoms. The molecule has 1 aromatic rings. The summed E-state index contributed by atoms with van der Waals surface area (Å²) < 4.78 is 0. The summed E-state index contributed by atoms with van der Waals surface area (Å²) in [4.78, 5) is 28.2. The van der Waals surface area contributed by atoms with Gasteiger partial charge in [0.25, 0.3) is 0 Å². The molecule has 0 amide bonds. The molecule has 5 heteroatoms. The van der Waals surface area contributed by atoms with Gasteiger partial charge in [0, 0.05) is 17.0 Å². The van der Waals surface area contributed by atoms with Crippen LogP contribution in [0.3, 0.4) is 0 Å². The Morgan fingerprint density at radius 3 is 2.47 bits per heavy atom. The minimum Gasteiger partial charge on any atom is -0.481 e. The summed E-state index contributed by atoms with van der Waals surface area (Å²) in [7, 11) is 0. The number of rotatable bonds is 4. The van der Waals surface area contributed by atoms with Gasteiger partial charge >= 0.3 is 5.97 Å². The summed E-state index contributed by atoms with van der Waals surface area (Å²) >= 11 is 0. The second-order valence-electron chi connectivity index (χ2n) is 5.30. The van der Waals surface area contributed by atoms with Crippen LogP contribution in [0, 0.1) is 19.8 Å². The number of nitrogens with zero attached hydrogens (tertiary/aromatic N) is 1. The maximum Gasteiger partial charge on any atom is 0.306 e. The van der Waals surface area contributed by atoms with Crippen molar-refractivity contribution in [2.45, 2.75) is 26.7 Å². The molecule has 0 atom stereocenters. The molecule has 2 heterocycles. The van der Waals surface area contributed by atoms with E-state index in [4.69, 9.17) is 5.11 Å². The molecule has 5 nitrogen and oxygen atoms in total. The van der Waals surface area contributed by atoms with Gasteiger partial charge in [0.1, 0.15) is 0 Å². The van der Waals surface area contributed by atoms with E-state index in [0.717, 1.165) is 17.0 Å². The molecular formula is C14H20N2O3. The molecule has 1 aliphatic heterocycles. The van der Waals surface area contributed by atoms with Gasteiger partial charge in [-0.05, 0) is 45.8 Å². The number of hydrogen-bond donors (Lipinski definition) is 2. The van der Waals surface area contributed by atoms with Gasteiger partial charge in [-0.2, -0.15) is 0 Å². The molecule has 0 aromatic carbocycles. The average molecular weight is 264 g/mol. The van der Waals surface area contributed by atoms with E-state index in [9.17, 15) is 9.59 Å². The lowest BCUT2D eigenvalue weighted by Crippen LogP contribution is -2.39. The highest BCUT2D eigenvalue weighted by Gasteiger charge is 2.26. The van der Waals surface area contributed by atoms with Crippen LogP contribution in [0.4, 0.5) is 0 Å². The molecule has 0 saturated carbocycles. The van der Waals surface area contributed by atoms with Crippen LogP contribution in [0.5, 0.6) is 0 Å². The molecule has 104 valence electrons. The third kappa shape index (κ3) is 3.23. The van der Waals surface area contributed by atoms with E-state index in [1.807, 2.05) is 24.8 Å². The molecule has 0 radical (unpaired) electrons. The van der Waals surface area contributed by atoms with Gasteiger partial charge in [-0.15, -0.1) is 0 Å². The van der Waals surface area contributed by atoms with E-state index in [2.05, 4.69) is 4.98 Å². The van der Waals surface area contributed by atoms with Crippen LogP contribution in [0.2, 0.25) is 0 Å². The fourth-order valence-electron chi connectivity index (χ4n) is 2.64. The number of aliphatic carboxylic acids is 1. The fourth-order valence-corrected chi connectivity index (χ4v) is 2.64.